The van der Waals surface area contributed by atoms with Crippen molar-refractivity contribution in [1.29, 1.82) is 0 Å². The molecular weight excluding hydrogens is 236 g/mol. The van der Waals surface area contributed by atoms with Crippen LogP contribution in [0.4, 0.5) is 0 Å². The minimum absolute atomic E-state index is 0.0999. The molecule has 0 aliphatic heterocycles. The highest BCUT2D eigenvalue weighted by Crippen LogP contribution is 2.64. The summed E-state index contributed by atoms with van der Waals surface area (Å²) in [5.74, 6) is 2.97. The normalized spacial score (nSPS) is 49.4. The molecule has 0 aromatic rings. The summed E-state index contributed by atoms with van der Waals surface area (Å²) in [4.78, 5) is 24.7. The Hall–Kier alpha value is -0.920. The summed E-state index contributed by atoms with van der Waals surface area (Å²) in [6, 6.07) is 0. The van der Waals surface area contributed by atoms with Gasteiger partial charge >= 0.3 is 0 Å². The minimum Gasteiger partial charge on any atom is -0.299 e. The molecule has 0 aromatic heterocycles. The van der Waals surface area contributed by atoms with Crippen LogP contribution in [0.25, 0.3) is 0 Å². The third kappa shape index (κ3) is 1.38. The Morgan fingerprint density at radius 3 is 2.53 bits per heavy atom. The third-order valence-corrected chi connectivity index (χ3v) is 6.27. The SMILES string of the molecule is CCCCCC1CC2C(=O)C1C1C3C=CC(C3=O)C21. The van der Waals surface area contributed by atoms with Crippen molar-refractivity contribution in [2.75, 3.05) is 0 Å². The third-order valence-electron chi connectivity index (χ3n) is 6.27. The summed E-state index contributed by atoms with van der Waals surface area (Å²) < 4.78 is 0. The molecule has 0 N–H and O–H groups in total. The lowest BCUT2D eigenvalue weighted by Crippen LogP contribution is -2.31. The lowest BCUT2D eigenvalue weighted by molar-refractivity contribution is -0.125. The summed E-state index contributed by atoms with van der Waals surface area (Å²) in [6.45, 7) is 2.22. The number of hydrogen-bond acceptors (Lipinski definition) is 2. The monoisotopic (exact) mass is 258 g/mol. The van der Waals surface area contributed by atoms with Crippen molar-refractivity contribution >= 4 is 11.6 Å². The van der Waals surface area contributed by atoms with E-state index in [0.29, 0.717) is 29.3 Å². The van der Waals surface area contributed by atoms with Crippen LogP contribution in [-0.2, 0) is 9.59 Å². The molecule has 4 aliphatic carbocycles. The van der Waals surface area contributed by atoms with E-state index >= 15 is 0 Å². The van der Waals surface area contributed by atoms with Gasteiger partial charge < -0.3 is 0 Å². The van der Waals surface area contributed by atoms with Gasteiger partial charge in [-0.15, -0.1) is 0 Å². The maximum absolute atomic E-state index is 12.5. The molecule has 7 atom stereocenters. The first-order valence-corrected chi connectivity index (χ1v) is 7.99. The minimum atomic E-state index is 0.0999. The lowest BCUT2D eigenvalue weighted by Gasteiger charge is -2.34. The van der Waals surface area contributed by atoms with Crippen molar-refractivity contribution in [1.82, 2.24) is 0 Å². The van der Waals surface area contributed by atoms with Crippen LogP contribution < -0.4 is 0 Å². The molecule has 2 nitrogen and oxygen atoms in total. The molecule has 4 aliphatic rings. The molecule has 0 radical (unpaired) electrons. The quantitative estimate of drug-likeness (QED) is 0.441. The molecule has 0 amide bonds. The topological polar surface area (TPSA) is 34.1 Å². The van der Waals surface area contributed by atoms with Crippen LogP contribution >= 0.6 is 0 Å². The fourth-order valence-electron chi connectivity index (χ4n) is 5.62. The van der Waals surface area contributed by atoms with Crippen LogP contribution in [0.1, 0.15) is 39.0 Å². The molecule has 0 spiro atoms. The standard InChI is InChI=1S/C17H22O2/c1-2-3-4-5-9-8-12-14-10-6-7-11(16(10)18)15(14)13(9)17(12)19/h6-7,9-15H,2-5,8H2,1H3. The molecular formula is C17H22O2. The van der Waals surface area contributed by atoms with Gasteiger partial charge in [-0.3, -0.25) is 9.59 Å². The van der Waals surface area contributed by atoms with Crippen LogP contribution in [0, 0.1) is 41.4 Å². The second kappa shape index (κ2) is 4.04. The zero-order valence-electron chi connectivity index (χ0n) is 11.5. The number of unbranched alkanes of at least 4 members (excludes halogenated alkanes) is 2. The molecule has 0 heterocycles. The van der Waals surface area contributed by atoms with Crippen LogP contribution in [0.2, 0.25) is 0 Å². The molecule has 19 heavy (non-hydrogen) atoms. The van der Waals surface area contributed by atoms with Crippen molar-refractivity contribution in [3.05, 3.63) is 12.2 Å². The average molecular weight is 258 g/mol. The van der Waals surface area contributed by atoms with E-state index < -0.39 is 0 Å². The van der Waals surface area contributed by atoms with Gasteiger partial charge in [-0.1, -0.05) is 38.3 Å². The van der Waals surface area contributed by atoms with E-state index in [1.165, 1.54) is 25.7 Å². The van der Waals surface area contributed by atoms with Crippen molar-refractivity contribution < 1.29 is 9.59 Å². The number of carbonyl (C=O) groups excluding carboxylic acids is 2. The molecule has 3 fully saturated rings. The molecule has 3 saturated carbocycles. The van der Waals surface area contributed by atoms with Crippen LogP contribution in [-0.4, -0.2) is 11.6 Å². The molecule has 0 saturated heterocycles. The van der Waals surface area contributed by atoms with Gasteiger partial charge in [0.25, 0.3) is 0 Å². The first-order valence-electron chi connectivity index (χ1n) is 7.99. The summed E-state index contributed by atoms with van der Waals surface area (Å²) in [5.41, 5.74) is 0. The van der Waals surface area contributed by atoms with E-state index in [1.807, 2.05) is 0 Å². The number of Topliss-reactive ketones (excluding diaryl/α,β-unsaturated/α-hetero) is 2. The summed E-state index contributed by atoms with van der Waals surface area (Å²) in [7, 11) is 0. The van der Waals surface area contributed by atoms with Crippen LogP contribution in [0.3, 0.4) is 0 Å². The van der Waals surface area contributed by atoms with Gasteiger partial charge in [-0.05, 0) is 30.6 Å². The number of hydrogen-bond donors (Lipinski definition) is 0. The summed E-state index contributed by atoms with van der Waals surface area (Å²) in [6.07, 6.45) is 10.3. The van der Waals surface area contributed by atoms with Gasteiger partial charge in [-0.2, -0.15) is 0 Å². The van der Waals surface area contributed by atoms with Gasteiger partial charge in [-0.25, -0.2) is 0 Å². The fraction of sp³-hybridized carbons (Fsp3) is 0.765. The summed E-state index contributed by atoms with van der Waals surface area (Å²) >= 11 is 0. The van der Waals surface area contributed by atoms with Crippen LogP contribution in [0.15, 0.2) is 12.2 Å². The Morgan fingerprint density at radius 1 is 1.05 bits per heavy atom. The van der Waals surface area contributed by atoms with Crippen molar-refractivity contribution in [2.45, 2.75) is 39.0 Å². The predicted molar refractivity (Wildman–Crippen MR) is 72.3 cm³/mol. The number of allylic oxidation sites excluding steroid dienone is 2. The number of fused-ring (bicyclic) bond motifs is 9. The highest BCUT2D eigenvalue weighted by Gasteiger charge is 2.68. The van der Waals surface area contributed by atoms with E-state index in [-0.39, 0.29) is 23.7 Å². The zero-order chi connectivity index (χ0) is 13.1. The first-order chi connectivity index (χ1) is 9.24. The Labute approximate surface area is 114 Å². The molecule has 4 rings (SSSR count). The van der Waals surface area contributed by atoms with Crippen molar-refractivity contribution in [2.24, 2.45) is 41.4 Å². The number of ketones is 2. The molecule has 2 heteroatoms. The van der Waals surface area contributed by atoms with Gasteiger partial charge in [0.2, 0.25) is 0 Å². The Balaban J connectivity index is 1.57. The van der Waals surface area contributed by atoms with Gasteiger partial charge in [0.05, 0.1) is 0 Å². The molecule has 7 unspecified atom stereocenters. The lowest BCUT2D eigenvalue weighted by atomic mass is 9.68. The van der Waals surface area contributed by atoms with Crippen molar-refractivity contribution in [3.63, 3.8) is 0 Å². The van der Waals surface area contributed by atoms with Gasteiger partial charge in [0, 0.05) is 23.7 Å². The molecule has 4 bridgehead atoms. The maximum atomic E-state index is 12.5. The van der Waals surface area contributed by atoms with E-state index in [1.54, 1.807) is 0 Å². The highest BCUT2D eigenvalue weighted by molar-refractivity contribution is 5.98. The Kier molecular flexibility index (Phi) is 2.52. The van der Waals surface area contributed by atoms with E-state index in [4.69, 9.17) is 0 Å². The van der Waals surface area contributed by atoms with Crippen LogP contribution in [0.5, 0.6) is 0 Å². The maximum Gasteiger partial charge on any atom is 0.147 e. The highest BCUT2D eigenvalue weighted by atomic mass is 16.1. The fourth-order valence-corrected chi connectivity index (χ4v) is 5.62. The number of rotatable bonds is 4. The Morgan fingerprint density at radius 2 is 1.79 bits per heavy atom. The average Bonchev–Trinajstić information content (AvgIpc) is 3.08. The smallest absolute Gasteiger partial charge is 0.147 e. The van der Waals surface area contributed by atoms with E-state index in [2.05, 4.69) is 19.1 Å². The number of carbonyl (C=O) groups is 2. The predicted octanol–water partition coefficient (Wildman–Crippen LogP) is 3.02. The second-order valence-electron chi connectivity index (χ2n) is 7.02. The van der Waals surface area contributed by atoms with Gasteiger partial charge in [0.1, 0.15) is 11.6 Å². The molecule has 0 aromatic carbocycles. The first kappa shape index (κ1) is 11.9. The largest absolute Gasteiger partial charge is 0.299 e. The summed E-state index contributed by atoms with van der Waals surface area (Å²) in [5, 5.41) is 0. The van der Waals surface area contributed by atoms with Crippen molar-refractivity contribution in [3.8, 4) is 0 Å². The Bertz CT molecular complexity index is 464. The van der Waals surface area contributed by atoms with E-state index in [9.17, 15) is 9.59 Å². The van der Waals surface area contributed by atoms with E-state index in [0.717, 1.165) is 6.42 Å². The molecule has 102 valence electrons. The van der Waals surface area contributed by atoms with Gasteiger partial charge in [0.15, 0.2) is 0 Å². The zero-order valence-corrected chi connectivity index (χ0v) is 11.5. The second-order valence-corrected chi connectivity index (χ2v) is 7.02.